The van der Waals surface area contributed by atoms with Crippen molar-refractivity contribution in [1.29, 1.82) is 0 Å². The molecule has 230 valence electrons. The van der Waals surface area contributed by atoms with E-state index in [-0.39, 0.29) is 65.1 Å². The molecule has 3 aromatic heterocycles. The Labute approximate surface area is 310 Å². The molecule has 0 unspecified atom stereocenters. The predicted molar refractivity (Wildman–Crippen MR) is 172 cm³/mol. The van der Waals surface area contributed by atoms with Gasteiger partial charge in [0.25, 0.3) is 5.56 Å². The molecule has 0 aliphatic carbocycles. The van der Waals surface area contributed by atoms with Crippen LogP contribution in [0.15, 0.2) is 91.7 Å². The summed E-state index contributed by atoms with van der Waals surface area (Å²) in [7, 11) is 3.07. The minimum Gasteiger partial charge on any atom is -1.00 e. The smallest absolute Gasteiger partial charge is 1.00 e. The van der Waals surface area contributed by atoms with Crippen molar-refractivity contribution >= 4 is 27.3 Å². The number of rotatable bonds is 10. The fraction of sp³-hybridized carbons (Fsp3) is 0.182. The Kier molecular flexibility index (Phi) is 10.4. The van der Waals surface area contributed by atoms with Crippen LogP contribution in [-0.2, 0) is 19.5 Å². The van der Waals surface area contributed by atoms with Crippen molar-refractivity contribution in [2.75, 3.05) is 14.2 Å². The molecule has 0 aliphatic rings. The number of thiophene rings is 1. The van der Waals surface area contributed by atoms with Gasteiger partial charge in [-0.15, -0.1) is 11.3 Å². The van der Waals surface area contributed by atoms with E-state index in [2.05, 4.69) is 10.1 Å². The summed E-state index contributed by atoms with van der Waals surface area (Å²) in [6.07, 6.45) is 0.686. The first-order valence-corrected chi connectivity index (χ1v) is 14.9. The summed E-state index contributed by atoms with van der Waals surface area (Å²) in [5.41, 5.74) is 2.18. The van der Waals surface area contributed by atoms with E-state index in [1.54, 1.807) is 30.3 Å². The maximum absolute atomic E-state index is 13.9. The summed E-state index contributed by atoms with van der Waals surface area (Å²) in [4.78, 5) is 56.3. The number of aromatic amines is 1. The third kappa shape index (κ3) is 6.52. The number of hydrogen-bond acceptors (Lipinski definition) is 9. The molecule has 3 heterocycles. The van der Waals surface area contributed by atoms with Crippen LogP contribution in [0.4, 0.5) is 0 Å². The Hall–Kier alpha value is -3.85. The van der Waals surface area contributed by atoms with E-state index in [1.165, 1.54) is 30.1 Å². The zero-order valence-corrected chi connectivity index (χ0v) is 29.6. The molecule has 0 amide bonds. The molecule has 0 saturated carbocycles. The molecule has 6 rings (SSSR count). The van der Waals surface area contributed by atoms with Gasteiger partial charge in [0.1, 0.15) is 16.3 Å². The monoisotopic (exact) mass is 664 g/mol. The maximum atomic E-state index is 13.9. The molecule has 0 saturated heterocycles. The number of nitrogens with zero attached hydrogens (tertiary/aromatic N) is 3. The van der Waals surface area contributed by atoms with Gasteiger partial charge in [0.15, 0.2) is 11.6 Å². The normalized spacial score (nSPS) is 10.9. The number of hydrogen-bond donors (Lipinski definition) is 1. The number of carbonyl (C=O) groups excluding carboxylic acids is 1. The minimum absolute atomic E-state index is 0. The molecule has 0 aliphatic heterocycles. The number of carbonyl (C=O) groups is 1. The minimum atomic E-state index is -0.656. The Bertz CT molecular complexity index is 2240. The van der Waals surface area contributed by atoms with Gasteiger partial charge in [0, 0.05) is 21.6 Å². The van der Waals surface area contributed by atoms with Crippen molar-refractivity contribution in [3.8, 4) is 34.0 Å². The zero-order valence-electron chi connectivity index (χ0n) is 26.7. The average Bonchev–Trinajstić information content (AvgIpc) is 3.71. The van der Waals surface area contributed by atoms with Crippen LogP contribution in [0.2, 0.25) is 0 Å². The number of fused-ring (bicyclic) bond motifs is 1. The fourth-order valence-electron chi connectivity index (χ4n) is 5.22. The molecular weight excluding hydrogens is 636 g/mol. The van der Waals surface area contributed by atoms with Crippen molar-refractivity contribution in [2.45, 2.75) is 26.4 Å². The van der Waals surface area contributed by atoms with Crippen molar-refractivity contribution in [2.24, 2.45) is 0 Å². The molecule has 0 spiro atoms. The Morgan fingerprint density at radius 1 is 0.957 bits per heavy atom. The predicted octanol–water partition coefficient (Wildman–Crippen LogP) is 1.86. The standard InChI is InChI=1S/C33H28N4O7S.K.H/c1-4-23-16-26-30(39)36(18-27(38)19-11-13-22(42-2)14-12-19)33(41)37(31(26)45-23)17-21-10-9-20(15-28(21)43-3)24-7-5-6-8-25(24)29-34-32(40)44-35-29;;/h5-16H,4,17-18H2,1-3H3,(H,34,35,40);;/q;+1;-1. The summed E-state index contributed by atoms with van der Waals surface area (Å²) in [6, 6.07) is 21.3. The SMILES string of the molecule is CCc1cc2c(=O)n(CC(=O)c3ccc(OC)cc3)c(=O)n(Cc3ccc(-c4ccccc4-c4noc(=O)[nH]4)cc3OC)c2s1.[H-].[K+]. The van der Waals surface area contributed by atoms with Crippen molar-refractivity contribution < 1.29 is 71.6 Å². The summed E-state index contributed by atoms with van der Waals surface area (Å²) in [5, 5.41) is 4.21. The summed E-state index contributed by atoms with van der Waals surface area (Å²) in [6.45, 7) is 1.67. The van der Waals surface area contributed by atoms with Crippen LogP contribution in [0, 0.1) is 0 Å². The van der Waals surface area contributed by atoms with Crippen LogP contribution >= 0.6 is 11.3 Å². The van der Waals surface area contributed by atoms with Gasteiger partial charge in [-0.25, -0.2) is 9.59 Å². The van der Waals surface area contributed by atoms with Gasteiger partial charge in [0.2, 0.25) is 0 Å². The fourth-order valence-corrected chi connectivity index (χ4v) is 6.29. The van der Waals surface area contributed by atoms with E-state index in [9.17, 15) is 19.2 Å². The second-order valence-corrected chi connectivity index (χ2v) is 11.3. The Morgan fingerprint density at radius 3 is 2.35 bits per heavy atom. The Balaban J connectivity index is 0.00000250. The quantitative estimate of drug-likeness (QED) is 0.173. The van der Waals surface area contributed by atoms with Gasteiger partial charge in [-0.2, -0.15) is 0 Å². The van der Waals surface area contributed by atoms with E-state index < -0.39 is 23.5 Å². The van der Waals surface area contributed by atoms with Crippen LogP contribution in [0.1, 0.15) is 29.1 Å². The molecule has 6 aromatic rings. The third-order valence-electron chi connectivity index (χ3n) is 7.56. The molecule has 1 N–H and O–H groups in total. The number of ketones is 1. The Morgan fingerprint density at radius 2 is 1.70 bits per heavy atom. The van der Waals surface area contributed by atoms with Crippen LogP contribution < -0.4 is 77.9 Å². The number of aromatic nitrogens is 4. The summed E-state index contributed by atoms with van der Waals surface area (Å²) >= 11 is 1.38. The topological polar surface area (TPSA) is 138 Å². The molecule has 0 atom stereocenters. The van der Waals surface area contributed by atoms with Gasteiger partial charge in [-0.1, -0.05) is 48.5 Å². The van der Waals surface area contributed by atoms with Crippen molar-refractivity contribution in [3.05, 3.63) is 120 Å². The van der Waals surface area contributed by atoms with Crippen LogP contribution in [-0.4, -0.2) is 39.3 Å². The van der Waals surface area contributed by atoms with Crippen LogP contribution in [0.25, 0.3) is 32.7 Å². The first-order valence-electron chi connectivity index (χ1n) is 14.1. The van der Waals surface area contributed by atoms with Gasteiger partial charge in [-0.3, -0.25) is 28.2 Å². The van der Waals surface area contributed by atoms with E-state index >= 15 is 0 Å². The van der Waals surface area contributed by atoms with E-state index in [1.807, 2.05) is 49.4 Å². The number of nitrogens with one attached hydrogen (secondary N) is 1. The van der Waals surface area contributed by atoms with E-state index in [0.29, 0.717) is 50.7 Å². The zero-order chi connectivity index (χ0) is 31.7. The number of benzene rings is 3. The third-order valence-corrected chi connectivity index (χ3v) is 8.86. The molecule has 0 fully saturated rings. The summed E-state index contributed by atoms with van der Waals surface area (Å²) < 4.78 is 18.2. The molecule has 0 radical (unpaired) electrons. The van der Waals surface area contributed by atoms with E-state index in [4.69, 9.17) is 14.0 Å². The van der Waals surface area contributed by atoms with Gasteiger partial charge in [-0.05, 0) is 53.9 Å². The second-order valence-electron chi connectivity index (χ2n) is 10.2. The van der Waals surface area contributed by atoms with Crippen molar-refractivity contribution in [1.82, 2.24) is 19.3 Å². The summed E-state index contributed by atoms with van der Waals surface area (Å²) in [5.74, 6) is 0.368. The average molecular weight is 665 g/mol. The molecule has 11 nitrogen and oxygen atoms in total. The molecule has 13 heteroatoms. The number of H-pyrrole nitrogens is 1. The largest absolute Gasteiger partial charge is 1.00 e. The molecular formula is C33H29KN4O7S. The van der Waals surface area contributed by atoms with Gasteiger partial charge < -0.3 is 10.9 Å². The van der Waals surface area contributed by atoms with Crippen molar-refractivity contribution in [3.63, 3.8) is 0 Å². The first-order chi connectivity index (χ1) is 21.8. The maximum Gasteiger partial charge on any atom is 1.00 e. The number of ether oxygens (including phenoxy) is 2. The number of aryl methyl sites for hydroxylation is 1. The second kappa shape index (κ2) is 14.3. The first kappa shape index (κ1) is 33.5. The van der Waals surface area contributed by atoms with Gasteiger partial charge >= 0.3 is 62.8 Å². The molecule has 3 aromatic carbocycles. The van der Waals surface area contributed by atoms with Crippen LogP contribution in [0.5, 0.6) is 11.5 Å². The van der Waals surface area contributed by atoms with Gasteiger partial charge in [0.05, 0.1) is 32.7 Å². The van der Waals surface area contributed by atoms with Crippen LogP contribution in [0.3, 0.4) is 0 Å². The van der Waals surface area contributed by atoms with E-state index in [0.717, 1.165) is 20.6 Å². The number of Topliss-reactive ketones (excluding diaryl/α,β-unsaturated/α-hetero) is 1. The molecule has 46 heavy (non-hydrogen) atoms. The number of methoxy groups -OCH3 is 2. The molecule has 0 bridgehead atoms.